The van der Waals surface area contributed by atoms with Crippen LogP contribution < -0.4 is 4.74 Å². The van der Waals surface area contributed by atoms with Crippen LogP contribution in [0.1, 0.15) is 19.3 Å². The molecule has 86 valence electrons. The molecular weight excluding hydrogens is 212 g/mol. The van der Waals surface area contributed by atoms with E-state index in [0.717, 1.165) is 6.42 Å². The number of aromatic nitrogens is 1. The zero-order chi connectivity index (χ0) is 11.5. The molecule has 16 heavy (non-hydrogen) atoms. The zero-order valence-electron chi connectivity index (χ0n) is 8.57. The first-order valence-corrected chi connectivity index (χ1v) is 5.12. The van der Waals surface area contributed by atoms with Crippen LogP contribution in [-0.2, 0) is 0 Å². The predicted octanol–water partition coefficient (Wildman–Crippen LogP) is 1.28. The number of hydrogen-bond acceptors (Lipinski definition) is 5. The van der Waals surface area contributed by atoms with Crippen molar-refractivity contribution in [2.45, 2.75) is 31.5 Å². The molecule has 1 heterocycles. The summed E-state index contributed by atoms with van der Waals surface area (Å²) in [7, 11) is 0. The molecule has 0 spiro atoms. The fourth-order valence-corrected chi connectivity index (χ4v) is 1.82. The number of ether oxygens (including phenoxy) is 1. The fraction of sp³-hybridized carbons (Fsp3) is 0.500. The van der Waals surface area contributed by atoms with E-state index < -0.39 is 11.0 Å². The van der Waals surface area contributed by atoms with E-state index in [4.69, 9.17) is 4.74 Å². The minimum atomic E-state index is -0.587. The number of nitro groups is 1. The van der Waals surface area contributed by atoms with E-state index in [9.17, 15) is 15.2 Å². The Morgan fingerprint density at radius 3 is 3.00 bits per heavy atom. The monoisotopic (exact) mass is 224 g/mol. The highest BCUT2D eigenvalue weighted by Crippen LogP contribution is 2.29. The highest BCUT2D eigenvalue weighted by atomic mass is 16.6. The molecule has 0 saturated heterocycles. The van der Waals surface area contributed by atoms with Gasteiger partial charge in [-0.15, -0.1) is 0 Å². The summed E-state index contributed by atoms with van der Waals surface area (Å²) in [6.07, 6.45) is 2.71. The van der Waals surface area contributed by atoms with Gasteiger partial charge in [0.15, 0.2) is 0 Å². The lowest BCUT2D eigenvalue weighted by atomic mass is 10.2. The van der Waals surface area contributed by atoms with E-state index in [2.05, 4.69) is 4.98 Å². The van der Waals surface area contributed by atoms with Gasteiger partial charge in [0.25, 0.3) is 0 Å². The van der Waals surface area contributed by atoms with Crippen LogP contribution in [0.2, 0.25) is 0 Å². The van der Waals surface area contributed by atoms with Crippen LogP contribution in [-0.4, -0.2) is 27.2 Å². The minimum absolute atomic E-state index is 0.124. The van der Waals surface area contributed by atoms with Gasteiger partial charge in [-0.25, -0.2) is 0 Å². The van der Waals surface area contributed by atoms with Gasteiger partial charge in [0.1, 0.15) is 12.3 Å². The third-order valence-corrected chi connectivity index (χ3v) is 2.62. The number of aliphatic hydroxyl groups is 1. The Hall–Kier alpha value is -1.69. The molecule has 0 unspecified atom stereocenters. The van der Waals surface area contributed by atoms with Crippen LogP contribution in [0.4, 0.5) is 5.82 Å². The fourth-order valence-electron chi connectivity index (χ4n) is 1.82. The van der Waals surface area contributed by atoms with Crippen LogP contribution in [0.15, 0.2) is 18.3 Å². The molecule has 0 radical (unpaired) electrons. The number of pyridine rings is 1. The second-order valence-electron chi connectivity index (χ2n) is 3.74. The van der Waals surface area contributed by atoms with Gasteiger partial charge in [0.2, 0.25) is 5.75 Å². The highest BCUT2D eigenvalue weighted by Gasteiger charge is 2.29. The van der Waals surface area contributed by atoms with Gasteiger partial charge in [0.05, 0.1) is 6.10 Å². The molecular formula is C10H12N2O4. The van der Waals surface area contributed by atoms with Crippen molar-refractivity contribution in [2.75, 3.05) is 0 Å². The summed E-state index contributed by atoms with van der Waals surface area (Å²) >= 11 is 0. The summed E-state index contributed by atoms with van der Waals surface area (Å²) in [5.74, 6) is -0.181. The second-order valence-corrected chi connectivity index (χ2v) is 3.74. The Kier molecular flexibility index (Phi) is 3.00. The second kappa shape index (κ2) is 4.44. The van der Waals surface area contributed by atoms with Gasteiger partial charge < -0.3 is 20.0 Å². The number of nitrogens with zero attached hydrogens (tertiary/aromatic N) is 2. The summed E-state index contributed by atoms with van der Waals surface area (Å²) in [5.41, 5.74) is 0. The minimum Gasteiger partial charge on any atom is -0.480 e. The van der Waals surface area contributed by atoms with Gasteiger partial charge in [0, 0.05) is 0 Å². The Labute approximate surface area is 92.0 Å². The number of hydrogen-bond donors (Lipinski definition) is 1. The van der Waals surface area contributed by atoms with E-state index in [1.165, 1.54) is 12.3 Å². The van der Waals surface area contributed by atoms with Crippen molar-refractivity contribution in [1.82, 2.24) is 4.98 Å². The topological polar surface area (TPSA) is 85.5 Å². The Morgan fingerprint density at radius 1 is 1.56 bits per heavy atom. The van der Waals surface area contributed by atoms with Crippen LogP contribution in [0.5, 0.6) is 5.75 Å². The van der Waals surface area contributed by atoms with E-state index in [1.54, 1.807) is 6.07 Å². The third-order valence-electron chi connectivity index (χ3n) is 2.62. The maximum Gasteiger partial charge on any atom is 0.406 e. The molecule has 0 aromatic carbocycles. The van der Waals surface area contributed by atoms with Crippen molar-refractivity contribution in [1.29, 1.82) is 0 Å². The number of rotatable bonds is 3. The summed E-state index contributed by atoms with van der Waals surface area (Å²) in [6.45, 7) is 0. The SMILES string of the molecule is O=[N+]([O-])c1ncccc1O[C@H]1CCC[C@@H]1O. The van der Waals surface area contributed by atoms with Gasteiger partial charge in [-0.3, -0.25) is 0 Å². The first kappa shape index (κ1) is 10.8. The lowest BCUT2D eigenvalue weighted by molar-refractivity contribution is -0.390. The molecule has 1 fully saturated rings. The van der Waals surface area contributed by atoms with Crippen molar-refractivity contribution in [3.63, 3.8) is 0 Å². The van der Waals surface area contributed by atoms with Gasteiger partial charge in [-0.05, 0) is 41.3 Å². The summed E-state index contributed by atoms with van der Waals surface area (Å²) in [5, 5.41) is 20.2. The van der Waals surface area contributed by atoms with Crippen LogP contribution in [0, 0.1) is 10.1 Å². The van der Waals surface area contributed by atoms with Gasteiger partial charge in [-0.2, -0.15) is 0 Å². The molecule has 2 atom stereocenters. The summed E-state index contributed by atoms with van der Waals surface area (Å²) < 4.78 is 5.43. The lowest BCUT2D eigenvalue weighted by Crippen LogP contribution is -2.26. The van der Waals surface area contributed by atoms with Crippen molar-refractivity contribution >= 4 is 5.82 Å². The van der Waals surface area contributed by atoms with Gasteiger partial charge in [-0.1, -0.05) is 0 Å². The van der Waals surface area contributed by atoms with E-state index in [1.807, 2.05) is 0 Å². The average Bonchev–Trinajstić information content (AvgIpc) is 2.65. The normalized spacial score (nSPS) is 24.3. The molecule has 6 nitrogen and oxygen atoms in total. The smallest absolute Gasteiger partial charge is 0.406 e. The number of aliphatic hydroxyl groups excluding tert-OH is 1. The average molecular weight is 224 g/mol. The molecule has 0 bridgehead atoms. The molecule has 1 aromatic rings. The molecule has 1 aliphatic rings. The Morgan fingerprint density at radius 2 is 2.38 bits per heavy atom. The summed E-state index contributed by atoms with van der Waals surface area (Å²) in [6, 6.07) is 3.07. The molecule has 1 saturated carbocycles. The van der Waals surface area contributed by atoms with Crippen LogP contribution >= 0.6 is 0 Å². The maximum atomic E-state index is 10.7. The molecule has 1 aliphatic carbocycles. The Balaban J connectivity index is 2.17. The van der Waals surface area contributed by atoms with Crippen LogP contribution in [0.3, 0.4) is 0 Å². The first-order valence-electron chi connectivity index (χ1n) is 5.12. The highest BCUT2D eigenvalue weighted by molar-refractivity contribution is 5.38. The van der Waals surface area contributed by atoms with Crippen molar-refractivity contribution < 1.29 is 14.8 Å². The first-order chi connectivity index (χ1) is 7.68. The van der Waals surface area contributed by atoms with E-state index in [0.29, 0.717) is 12.8 Å². The van der Waals surface area contributed by atoms with E-state index in [-0.39, 0.29) is 17.7 Å². The third kappa shape index (κ3) is 2.11. The molecule has 1 N–H and O–H groups in total. The molecule has 2 rings (SSSR count). The lowest BCUT2D eigenvalue weighted by Gasteiger charge is -2.16. The zero-order valence-corrected chi connectivity index (χ0v) is 8.57. The molecule has 0 amide bonds. The maximum absolute atomic E-state index is 10.7. The van der Waals surface area contributed by atoms with Crippen molar-refractivity contribution in [3.05, 3.63) is 28.4 Å². The largest absolute Gasteiger partial charge is 0.480 e. The molecule has 6 heteroatoms. The molecule has 1 aromatic heterocycles. The van der Waals surface area contributed by atoms with Crippen molar-refractivity contribution in [3.8, 4) is 5.75 Å². The van der Waals surface area contributed by atoms with Gasteiger partial charge >= 0.3 is 5.82 Å². The predicted molar refractivity (Wildman–Crippen MR) is 55.2 cm³/mol. The van der Waals surface area contributed by atoms with E-state index >= 15 is 0 Å². The quantitative estimate of drug-likeness (QED) is 0.617. The van der Waals surface area contributed by atoms with Crippen LogP contribution in [0.25, 0.3) is 0 Å². The Bertz CT molecular complexity index is 396. The van der Waals surface area contributed by atoms with Crippen molar-refractivity contribution in [2.24, 2.45) is 0 Å². The summed E-state index contributed by atoms with van der Waals surface area (Å²) in [4.78, 5) is 13.7. The standard InChI is InChI=1S/C10H12N2O4/c13-7-3-1-4-8(7)16-9-5-2-6-11-10(9)12(14)15/h2,5-8,13H,1,3-4H2/t7-,8-/m0/s1. The molecule has 0 aliphatic heterocycles.